The summed E-state index contributed by atoms with van der Waals surface area (Å²) < 4.78 is 2.38. The van der Waals surface area contributed by atoms with Crippen LogP contribution in [0.15, 0.2) is 49.8 Å². The van der Waals surface area contributed by atoms with Crippen molar-refractivity contribution in [3.05, 3.63) is 55.4 Å². The van der Waals surface area contributed by atoms with Crippen molar-refractivity contribution in [3.63, 3.8) is 0 Å². The van der Waals surface area contributed by atoms with Gasteiger partial charge in [-0.2, -0.15) is 0 Å². The van der Waals surface area contributed by atoms with Crippen molar-refractivity contribution in [3.8, 4) is 0 Å². The molecule has 0 aromatic heterocycles. The second-order valence-electron chi connectivity index (χ2n) is 3.79. The van der Waals surface area contributed by atoms with Gasteiger partial charge in [0.2, 0.25) is 0 Å². The fourth-order valence-electron chi connectivity index (χ4n) is 1.49. The summed E-state index contributed by atoms with van der Waals surface area (Å²) >= 11 is 10.1. The van der Waals surface area contributed by atoms with Gasteiger partial charge in [-0.1, -0.05) is 6.07 Å². The number of rotatable bonds is 2. The molecule has 0 saturated heterocycles. The molecule has 2 aromatic carbocycles. The van der Waals surface area contributed by atoms with E-state index in [2.05, 4.69) is 53.1 Å². The summed E-state index contributed by atoms with van der Waals surface area (Å²) in [6.45, 7) is 0. The van der Waals surface area contributed by atoms with Crippen LogP contribution in [0.1, 0.15) is 10.4 Å². The number of anilines is 2. The molecule has 0 aliphatic rings. The highest BCUT2D eigenvalue weighted by atomic mass is 79.9. The van der Waals surface area contributed by atoms with Gasteiger partial charge in [-0.05, 0) is 78.1 Å². The van der Waals surface area contributed by atoms with Crippen molar-refractivity contribution < 1.29 is 4.79 Å². The molecule has 0 heterocycles. The van der Waals surface area contributed by atoms with E-state index in [9.17, 15) is 4.79 Å². The third-order valence-corrected chi connectivity index (χ3v) is 4.50. The van der Waals surface area contributed by atoms with Gasteiger partial charge in [0, 0.05) is 24.7 Å². The first-order valence-electron chi connectivity index (χ1n) is 5.29. The minimum Gasteiger partial charge on any atom is -0.398 e. The predicted octanol–water partition coefficient (Wildman–Crippen LogP) is 4.81. The number of halogens is 3. The lowest BCUT2D eigenvalue weighted by Crippen LogP contribution is -2.13. The largest absolute Gasteiger partial charge is 0.398 e. The van der Waals surface area contributed by atoms with Gasteiger partial charge in [-0.25, -0.2) is 0 Å². The summed E-state index contributed by atoms with van der Waals surface area (Å²) in [5, 5.41) is 2.84. The Bertz CT molecular complexity index is 624. The van der Waals surface area contributed by atoms with Crippen LogP contribution in [0, 0.1) is 0 Å². The van der Waals surface area contributed by atoms with Crippen molar-refractivity contribution in [2.45, 2.75) is 0 Å². The van der Waals surface area contributed by atoms with Crippen molar-refractivity contribution in [1.29, 1.82) is 0 Å². The lowest BCUT2D eigenvalue weighted by atomic mass is 10.2. The summed E-state index contributed by atoms with van der Waals surface area (Å²) in [6.07, 6.45) is 0. The third kappa shape index (κ3) is 3.38. The summed E-state index contributed by atoms with van der Waals surface area (Å²) in [7, 11) is 0. The van der Waals surface area contributed by atoms with Crippen molar-refractivity contribution >= 4 is 65.1 Å². The van der Waals surface area contributed by atoms with Gasteiger partial charge in [0.1, 0.15) is 0 Å². The Hall–Kier alpha value is -0.850. The molecule has 98 valence electrons. The first-order chi connectivity index (χ1) is 8.99. The van der Waals surface area contributed by atoms with Crippen LogP contribution in [-0.4, -0.2) is 5.91 Å². The van der Waals surface area contributed by atoms with E-state index in [4.69, 9.17) is 5.73 Å². The average molecular weight is 449 g/mol. The maximum absolute atomic E-state index is 12.2. The fourth-order valence-corrected chi connectivity index (χ4v) is 2.93. The monoisotopic (exact) mass is 446 g/mol. The molecule has 3 nitrogen and oxygen atoms in total. The Morgan fingerprint density at radius 2 is 1.63 bits per heavy atom. The quantitative estimate of drug-likeness (QED) is 0.648. The molecule has 2 rings (SSSR count). The Labute approximate surface area is 136 Å². The number of benzene rings is 2. The predicted molar refractivity (Wildman–Crippen MR) is 88.3 cm³/mol. The van der Waals surface area contributed by atoms with E-state index in [1.165, 1.54) is 0 Å². The number of hydrogen-bond donors (Lipinski definition) is 2. The van der Waals surface area contributed by atoms with Crippen LogP contribution < -0.4 is 11.1 Å². The summed E-state index contributed by atoms with van der Waals surface area (Å²) in [5.74, 6) is -0.216. The smallest absolute Gasteiger partial charge is 0.255 e. The molecule has 0 aliphatic heterocycles. The molecule has 0 fully saturated rings. The van der Waals surface area contributed by atoms with Crippen LogP contribution >= 0.6 is 47.8 Å². The molecule has 0 saturated carbocycles. The highest BCUT2D eigenvalue weighted by Gasteiger charge is 2.11. The zero-order valence-electron chi connectivity index (χ0n) is 9.58. The van der Waals surface area contributed by atoms with Gasteiger partial charge in [-0.3, -0.25) is 4.79 Å². The number of nitrogens with one attached hydrogen (secondary N) is 1. The summed E-state index contributed by atoms with van der Waals surface area (Å²) in [4.78, 5) is 12.2. The van der Waals surface area contributed by atoms with Crippen LogP contribution in [0.3, 0.4) is 0 Å². The standard InChI is InChI=1S/C13H9Br3N2O/c14-8-5-4-7(6-11(8)17)13(19)18-12-9(15)2-1-3-10(12)16/h1-6H,17H2,(H,18,19). The zero-order valence-corrected chi connectivity index (χ0v) is 14.3. The normalized spacial score (nSPS) is 10.3. The summed E-state index contributed by atoms with van der Waals surface area (Å²) in [6, 6.07) is 10.7. The molecule has 0 bridgehead atoms. The Balaban J connectivity index is 2.28. The van der Waals surface area contributed by atoms with E-state index in [-0.39, 0.29) is 5.91 Å². The zero-order chi connectivity index (χ0) is 14.0. The number of amides is 1. The van der Waals surface area contributed by atoms with E-state index in [1.807, 2.05) is 18.2 Å². The van der Waals surface area contributed by atoms with Gasteiger partial charge in [0.15, 0.2) is 0 Å². The van der Waals surface area contributed by atoms with E-state index in [0.29, 0.717) is 16.9 Å². The topological polar surface area (TPSA) is 55.1 Å². The molecular weight excluding hydrogens is 440 g/mol. The van der Waals surface area contributed by atoms with Crippen LogP contribution in [0.5, 0.6) is 0 Å². The Morgan fingerprint density at radius 3 is 2.21 bits per heavy atom. The van der Waals surface area contributed by atoms with Crippen LogP contribution in [0.25, 0.3) is 0 Å². The molecule has 0 radical (unpaired) electrons. The first-order valence-corrected chi connectivity index (χ1v) is 7.67. The van der Waals surface area contributed by atoms with Crippen LogP contribution in [-0.2, 0) is 0 Å². The second-order valence-corrected chi connectivity index (χ2v) is 6.35. The van der Waals surface area contributed by atoms with Gasteiger partial charge in [-0.15, -0.1) is 0 Å². The SMILES string of the molecule is Nc1cc(C(=O)Nc2c(Br)cccc2Br)ccc1Br. The van der Waals surface area contributed by atoms with E-state index in [0.717, 1.165) is 13.4 Å². The lowest BCUT2D eigenvalue weighted by Gasteiger charge is -2.10. The molecule has 0 aliphatic carbocycles. The van der Waals surface area contributed by atoms with E-state index < -0.39 is 0 Å². The molecular formula is C13H9Br3N2O. The molecule has 19 heavy (non-hydrogen) atoms. The third-order valence-electron chi connectivity index (χ3n) is 2.46. The summed E-state index contributed by atoms with van der Waals surface area (Å²) in [5.41, 5.74) is 7.48. The maximum Gasteiger partial charge on any atom is 0.255 e. The number of hydrogen-bond acceptors (Lipinski definition) is 2. The molecule has 3 N–H and O–H groups in total. The van der Waals surface area contributed by atoms with Gasteiger partial charge in [0.05, 0.1) is 5.69 Å². The average Bonchev–Trinajstić information content (AvgIpc) is 2.37. The van der Waals surface area contributed by atoms with Crippen molar-refractivity contribution in [2.75, 3.05) is 11.1 Å². The number of nitrogen functional groups attached to an aromatic ring is 1. The number of carbonyl (C=O) groups is 1. The number of para-hydroxylation sites is 1. The molecule has 0 unspecified atom stereocenters. The number of nitrogens with two attached hydrogens (primary N) is 1. The molecule has 2 aromatic rings. The Kier molecular flexibility index (Phi) is 4.65. The first kappa shape index (κ1) is 14.6. The van der Waals surface area contributed by atoms with E-state index >= 15 is 0 Å². The maximum atomic E-state index is 12.2. The minimum atomic E-state index is -0.216. The molecule has 6 heteroatoms. The molecule has 0 atom stereocenters. The van der Waals surface area contributed by atoms with Crippen molar-refractivity contribution in [1.82, 2.24) is 0 Å². The van der Waals surface area contributed by atoms with Gasteiger partial charge < -0.3 is 11.1 Å². The molecule has 1 amide bonds. The van der Waals surface area contributed by atoms with E-state index in [1.54, 1.807) is 18.2 Å². The Morgan fingerprint density at radius 1 is 1.00 bits per heavy atom. The highest BCUT2D eigenvalue weighted by Crippen LogP contribution is 2.31. The molecule has 0 spiro atoms. The van der Waals surface area contributed by atoms with Gasteiger partial charge in [0.25, 0.3) is 5.91 Å². The minimum absolute atomic E-state index is 0.216. The fraction of sp³-hybridized carbons (Fsp3) is 0. The van der Waals surface area contributed by atoms with Gasteiger partial charge >= 0.3 is 0 Å². The second kappa shape index (κ2) is 6.07. The van der Waals surface area contributed by atoms with Crippen LogP contribution in [0.2, 0.25) is 0 Å². The van der Waals surface area contributed by atoms with Crippen LogP contribution in [0.4, 0.5) is 11.4 Å². The van der Waals surface area contributed by atoms with Crippen molar-refractivity contribution in [2.24, 2.45) is 0 Å². The highest BCUT2D eigenvalue weighted by molar-refractivity contribution is 9.11. The number of carbonyl (C=O) groups excluding carboxylic acids is 1. The lowest BCUT2D eigenvalue weighted by molar-refractivity contribution is 0.102.